The van der Waals surface area contributed by atoms with Gasteiger partial charge in [0.2, 0.25) is 0 Å². The quantitative estimate of drug-likeness (QED) is 0.0906. The highest BCUT2D eigenvalue weighted by molar-refractivity contribution is 7.20. The van der Waals surface area contributed by atoms with E-state index in [0.29, 0.717) is 0 Å². The van der Waals surface area contributed by atoms with Gasteiger partial charge in [0.05, 0.1) is 38.8 Å². The standard InChI is InChI=1S/C84H57N3Si/c1-5-24-58(25-6-1)62-30-21-34-70(54-62)88(68-32-11-4-12-33-68,71-35-22-31-63(55-71)59-26-7-2-8-27-59)69-49-46-61(47-50-69)65-52-66(85-77-40-17-13-36-72(77)73-37-14-18-41-78(73)85)57-67(53-65)86-80-43-20-16-39-75(80)84-82(86)44-23-45-83(84)87-79-42-19-15-38-74(79)76-56-64(48-51-81(76)87)60-28-9-3-10-29-60/h1-57H. The number of aromatic nitrogens is 3. The second kappa shape index (κ2) is 21.0. The highest BCUT2D eigenvalue weighted by Crippen LogP contribution is 2.43. The molecule has 3 nitrogen and oxygen atoms in total. The van der Waals surface area contributed by atoms with Crippen LogP contribution in [-0.2, 0) is 0 Å². The predicted octanol–water partition coefficient (Wildman–Crippen LogP) is 19.0. The molecular weight excluding hydrogens is 1080 g/mol. The highest BCUT2D eigenvalue weighted by atomic mass is 28.3. The zero-order valence-corrected chi connectivity index (χ0v) is 49.3. The van der Waals surface area contributed by atoms with Gasteiger partial charge in [0.15, 0.2) is 8.07 Å². The summed E-state index contributed by atoms with van der Waals surface area (Å²) >= 11 is 0. The minimum absolute atomic E-state index is 1.08. The molecule has 3 aromatic heterocycles. The van der Waals surface area contributed by atoms with Gasteiger partial charge in [-0.3, -0.25) is 0 Å². The summed E-state index contributed by atoms with van der Waals surface area (Å²) in [5, 5.41) is 12.6. The molecule has 0 aliphatic heterocycles. The first-order valence-corrected chi connectivity index (χ1v) is 32.4. The van der Waals surface area contributed by atoms with Gasteiger partial charge in [0.25, 0.3) is 0 Å². The fourth-order valence-corrected chi connectivity index (χ4v) is 19.2. The molecular formula is C84H57N3Si. The molecule has 0 saturated heterocycles. The Morgan fingerprint density at radius 1 is 0.182 bits per heavy atom. The first-order chi connectivity index (χ1) is 43.7. The van der Waals surface area contributed by atoms with Gasteiger partial charge in [0.1, 0.15) is 0 Å². The second-order valence-corrected chi connectivity index (χ2v) is 27.0. The Morgan fingerprint density at radius 2 is 0.534 bits per heavy atom. The lowest BCUT2D eigenvalue weighted by Gasteiger charge is -2.35. The van der Waals surface area contributed by atoms with Crippen LogP contribution in [0.25, 0.3) is 127 Å². The van der Waals surface area contributed by atoms with Crippen molar-refractivity contribution in [3.05, 3.63) is 346 Å². The van der Waals surface area contributed by atoms with E-state index < -0.39 is 8.07 Å². The summed E-state index contributed by atoms with van der Waals surface area (Å²) in [5.74, 6) is 0. The second-order valence-electron chi connectivity index (χ2n) is 23.2. The molecule has 14 aromatic carbocycles. The zero-order chi connectivity index (χ0) is 58.1. The average Bonchev–Trinajstić information content (AvgIpc) is 1.24. The Morgan fingerprint density at radius 3 is 1.08 bits per heavy atom. The van der Waals surface area contributed by atoms with Gasteiger partial charge in [-0.05, 0) is 132 Å². The van der Waals surface area contributed by atoms with Gasteiger partial charge >= 0.3 is 0 Å². The van der Waals surface area contributed by atoms with Crippen LogP contribution in [0, 0.1) is 0 Å². The predicted molar refractivity (Wildman–Crippen MR) is 375 cm³/mol. The molecule has 0 aliphatic rings. The van der Waals surface area contributed by atoms with Crippen molar-refractivity contribution in [3.63, 3.8) is 0 Å². The highest BCUT2D eigenvalue weighted by Gasteiger charge is 2.42. The summed E-state index contributed by atoms with van der Waals surface area (Å²) in [5.41, 5.74) is 19.8. The summed E-state index contributed by atoms with van der Waals surface area (Å²) in [6.07, 6.45) is 0. The zero-order valence-electron chi connectivity index (χ0n) is 48.3. The van der Waals surface area contributed by atoms with Crippen molar-refractivity contribution in [2.45, 2.75) is 0 Å². The number of para-hydroxylation sites is 4. The minimum atomic E-state index is -3.08. The van der Waals surface area contributed by atoms with E-state index in [4.69, 9.17) is 0 Å². The molecule has 0 N–H and O–H groups in total. The minimum Gasteiger partial charge on any atom is -0.309 e. The van der Waals surface area contributed by atoms with Crippen LogP contribution in [0.2, 0.25) is 0 Å². The van der Waals surface area contributed by atoms with Gasteiger partial charge in [0, 0.05) is 43.7 Å². The van der Waals surface area contributed by atoms with Gasteiger partial charge < -0.3 is 13.7 Å². The molecule has 0 atom stereocenters. The lowest BCUT2D eigenvalue weighted by Crippen LogP contribution is -2.74. The largest absolute Gasteiger partial charge is 0.309 e. The molecule has 0 aliphatic carbocycles. The van der Waals surface area contributed by atoms with Gasteiger partial charge in [-0.25, -0.2) is 0 Å². The normalized spacial score (nSPS) is 11.9. The maximum atomic E-state index is 2.51. The third-order valence-electron chi connectivity index (χ3n) is 18.4. The Kier molecular flexibility index (Phi) is 12.2. The van der Waals surface area contributed by atoms with Crippen molar-refractivity contribution in [2.75, 3.05) is 0 Å². The van der Waals surface area contributed by atoms with Crippen LogP contribution in [-0.4, -0.2) is 21.8 Å². The van der Waals surface area contributed by atoms with Crippen molar-refractivity contribution in [2.24, 2.45) is 0 Å². The third-order valence-corrected chi connectivity index (χ3v) is 23.1. The monoisotopic (exact) mass is 1140 g/mol. The first-order valence-electron chi connectivity index (χ1n) is 30.4. The SMILES string of the molecule is c1ccc(-c2cccc([Si](c3ccccc3)(c3ccc(-c4cc(-n5c6ccccc6c6ccccc65)cc(-n5c6ccccc6c6c(-n7c8ccccc8c8cc(-c9ccccc9)ccc87)cccc65)c4)cc3)c3cccc(-c4ccccc4)c3)c2)cc1. The number of nitrogens with zero attached hydrogens (tertiary/aromatic N) is 3. The third kappa shape index (κ3) is 8.25. The smallest absolute Gasteiger partial charge is 0.179 e. The van der Waals surface area contributed by atoms with E-state index in [1.54, 1.807) is 0 Å². The van der Waals surface area contributed by atoms with E-state index >= 15 is 0 Å². The maximum Gasteiger partial charge on any atom is 0.179 e. The van der Waals surface area contributed by atoms with Gasteiger partial charge in [-0.2, -0.15) is 0 Å². The molecule has 0 spiro atoms. The molecule has 17 rings (SSSR count). The van der Waals surface area contributed by atoms with Crippen LogP contribution >= 0.6 is 0 Å². The molecule has 17 aromatic rings. The van der Waals surface area contributed by atoms with E-state index in [1.165, 1.54) is 109 Å². The fourth-order valence-electron chi connectivity index (χ4n) is 14.5. The lowest BCUT2D eigenvalue weighted by molar-refractivity contribution is 1.13. The Labute approximate surface area is 512 Å². The molecule has 4 heteroatoms. The van der Waals surface area contributed by atoms with Crippen LogP contribution in [0.15, 0.2) is 346 Å². The Balaban J connectivity index is 0.899. The average molecular weight is 1140 g/mol. The summed E-state index contributed by atoms with van der Waals surface area (Å²) in [6.45, 7) is 0. The van der Waals surface area contributed by atoms with E-state index in [-0.39, 0.29) is 0 Å². The summed E-state index contributed by atoms with van der Waals surface area (Å²) < 4.78 is 7.48. The van der Waals surface area contributed by atoms with Crippen LogP contribution in [0.1, 0.15) is 0 Å². The molecule has 0 unspecified atom stereocenters. The topological polar surface area (TPSA) is 14.8 Å². The van der Waals surface area contributed by atoms with Crippen LogP contribution in [0.5, 0.6) is 0 Å². The number of fused-ring (bicyclic) bond motifs is 9. The lowest BCUT2D eigenvalue weighted by atomic mass is 10.0. The Hall–Kier alpha value is -11.3. The van der Waals surface area contributed by atoms with Crippen molar-refractivity contribution in [1.29, 1.82) is 0 Å². The van der Waals surface area contributed by atoms with E-state index in [9.17, 15) is 0 Å². The summed E-state index contributed by atoms with van der Waals surface area (Å²) in [6, 6.07) is 129. The molecule has 412 valence electrons. The van der Waals surface area contributed by atoms with Crippen molar-refractivity contribution < 1.29 is 0 Å². The fraction of sp³-hybridized carbons (Fsp3) is 0. The van der Waals surface area contributed by atoms with Gasteiger partial charge in [-0.1, -0.05) is 279 Å². The van der Waals surface area contributed by atoms with Crippen molar-refractivity contribution >= 4 is 94.2 Å². The van der Waals surface area contributed by atoms with Gasteiger partial charge in [-0.15, -0.1) is 0 Å². The molecule has 0 radical (unpaired) electrons. The summed E-state index contributed by atoms with van der Waals surface area (Å²) in [7, 11) is -3.08. The number of hydrogen-bond acceptors (Lipinski definition) is 0. The molecule has 0 fully saturated rings. The van der Waals surface area contributed by atoms with E-state index in [2.05, 4.69) is 359 Å². The summed E-state index contributed by atoms with van der Waals surface area (Å²) in [4.78, 5) is 0. The van der Waals surface area contributed by atoms with Crippen LogP contribution < -0.4 is 20.7 Å². The molecule has 88 heavy (non-hydrogen) atoms. The van der Waals surface area contributed by atoms with Crippen molar-refractivity contribution in [1.82, 2.24) is 13.7 Å². The first kappa shape index (κ1) is 51.1. The number of rotatable bonds is 11. The molecule has 0 saturated carbocycles. The van der Waals surface area contributed by atoms with Crippen LogP contribution in [0.4, 0.5) is 0 Å². The van der Waals surface area contributed by atoms with E-state index in [0.717, 1.165) is 39.2 Å². The number of hydrogen-bond donors (Lipinski definition) is 0. The Bertz CT molecular complexity index is 5350. The van der Waals surface area contributed by atoms with Crippen LogP contribution in [0.3, 0.4) is 0 Å². The molecule has 3 heterocycles. The number of benzene rings is 14. The molecule has 0 amide bonds. The maximum absolute atomic E-state index is 3.08. The van der Waals surface area contributed by atoms with E-state index in [1.807, 2.05) is 0 Å². The molecule has 0 bridgehead atoms. The van der Waals surface area contributed by atoms with Crippen molar-refractivity contribution in [3.8, 4) is 61.6 Å².